The number of aryl methyl sites for hydroxylation is 2. The van der Waals surface area contributed by atoms with Gasteiger partial charge in [0.2, 0.25) is 0 Å². The zero-order valence-electron chi connectivity index (χ0n) is 11.4. The summed E-state index contributed by atoms with van der Waals surface area (Å²) in [5, 5.41) is 0. The fourth-order valence-corrected chi connectivity index (χ4v) is 1.90. The highest BCUT2D eigenvalue weighted by Gasteiger charge is 2.04. The van der Waals surface area contributed by atoms with Gasteiger partial charge in [0, 0.05) is 18.9 Å². The van der Waals surface area contributed by atoms with Gasteiger partial charge in [-0.1, -0.05) is 36.3 Å². The zero-order chi connectivity index (χ0) is 14.4. The number of hydrogen-bond donors (Lipinski definition) is 0. The average Bonchev–Trinajstić information content (AvgIpc) is 2.49. The fraction of sp³-hybridized carbons (Fsp3) is 0.250. The molecule has 1 heterocycles. The molecular formula is C16H16N2O2. The first-order valence-electron chi connectivity index (χ1n) is 6.46. The lowest BCUT2D eigenvalue weighted by atomic mass is 10.1. The van der Waals surface area contributed by atoms with Crippen LogP contribution in [0.3, 0.4) is 0 Å². The van der Waals surface area contributed by atoms with E-state index < -0.39 is 11.1 Å². The third kappa shape index (κ3) is 3.27. The van der Waals surface area contributed by atoms with Crippen LogP contribution in [-0.4, -0.2) is 9.13 Å². The Morgan fingerprint density at radius 1 is 1.00 bits per heavy atom. The maximum Gasteiger partial charge on any atom is 0.317 e. The van der Waals surface area contributed by atoms with Gasteiger partial charge in [0.1, 0.15) is 0 Å². The van der Waals surface area contributed by atoms with Gasteiger partial charge in [-0.05, 0) is 18.9 Å². The van der Waals surface area contributed by atoms with Crippen molar-refractivity contribution in [1.82, 2.24) is 9.13 Å². The van der Waals surface area contributed by atoms with Crippen LogP contribution in [0.2, 0.25) is 0 Å². The Bertz CT molecular complexity index is 746. The molecule has 4 heteroatoms. The first-order chi connectivity index (χ1) is 9.72. The molecule has 1 aromatic heterocycles. The van der Waals surface area contributed by atoms with Crippen molar-refractivity contribution in [3.63, 3.8) is 0 Å². The van der Waals surface area contributed by atoms with E-state index in [1.807, 2.05) is 30.3 Å². The largest absolute Gasteiger partial charge is 0.317 e. The minimum atomic E-state index is -0.525. The lowest BCUT2D eigenvalue weighted by Crippen LogP contribution is -2.40. The molecule has 0 N–H and O–H groups in total. The smallest absolute Gasteiger partial charge is 0.309 e. The Balaban J connectivity index is 2.17. The summed E-state index contributed by atoms with van der Waals surface area (Å²) in [5.74, 6) is 5.48. The lowest BCUT2D eigenvalue weighted by Gasteiger charge is -2.07. The van der Waals surface area contributed by atoms with Crippen molar-refractivity contribution in [2.24, 2.45) is 0 Å². The quantitative estimate of drug-likeness (QED) is 0.619. The Hall–Kier alpha value is -2.54. The Morgan fingerprint density at radius 2 is 1.65 bits per heavy atom. The number of nitrogens with zero attached hydrogens (tertiary/aromatic N) is 2. The third-order valence-corrected chi connectivity index (χ3v) is 3.04. The highest BCUT2D eigenvalue weighted by molar-refractivity contribution is 5.14. The van der Waals surface area contributed by atoms with Crippen LogP contribution in [-0.2, 0) is 19.5 Å². The molecule has 4 nitrogen and oxygen atoms in total. The second-order valence-electron chi connectivity index (χ2n) is 4.39. The molecule has 0 bridgehead atoms. The molecular weight excluding hydrogens is 252 g/mol. The molecule has 0 saturated carbocycles. The number of benzene rings is 1. The predicted octanol–water partition coefficient (Wildman–Crippen LogP) is 1.28. The van der Waals surface area contributed by atoms with E-state index in [0.29, 0.717) is 6.54 Å². The van der Waals surface area contributed by atoms with Crippen LogP contribution in [0.15, 0.2) is 52.3 Å². The molecule has 0 aliphatic carbocycles. The van der Waals surface area contributed by atoms with Crippen molar-refractivity contribution in [1.29, 1.82) is 0 Å². The molecule has 0 saturated heterocycles. The Kier molecular flexibility index (Phi) is 4.56. The SMILES string of the molecule is CC#CCn1ccn(CCc2ccccc2)c(=O)c1=O. The number of rotatable bonds is 4. The van der Waals surface area contributed by atoms with Gasteiger partial charge in [0.05, 0.1) is 6.54 Å². The molecule has 2 aromatic rings. The minimum Gasteiger partial charge on any atom is -0.309 e. The molecule has 0 spiro atoms. The van der Waals surface area contributed by atoms with Gasteiger partial charge in [0.15, 0.2) is 0 Å². The molecule has 0 aliphatic rings. The van der Waals surface area contributed by atoms with Gasteiger partial charge in [-0.15, -0.1) is 5.92 Å². The van der Waals surface area contributed by atoms with E-state index in [1.165, 1.54) is 9.13 Å². The molecule has 20 heavy (non-hydrogen) atoms. The van der Waals surface area contributed by atoms with E-state index in [9.17, 15) is 9.59 Å². The van der Waals surface area contributed by atoms with Gasteiger partial charge in [-0.3, -0.25) is 14.2 Å². The van der Waals surface area contributed by atoms with E-state index in [1.54, 1.807) is 19.3 Å². The molecule has 0 fully saturated rings. The van der Waals surface area contributed by atoms with Gasteiger partial charge < -0.3 is 4.57 Å². The molecule has 102 valence electrons. The molecule has 0 aliphatic heterocycles. The highest BCUT2D eigenvalue weighted by Crippen LogP contribution is 2.00. The van der Waals surface area contributed by atoms with E-state index in [0.717, 1.165) is 12.0 Å². The summed E-state index contributed by atoms with van der Waals surface area (Å²) >= 11 is 0. The summed E-state index contributed by atoms with van der Waals surface area (Å²) in [5.41, 5.74) is 0.116. The highest BCUT2D eigenvalue weighted by atomic mass is 16.2. The third-order valence-electron chi connectivity index (χ3n) is 3.04. The van der Waals surface area contributed by atoms with Crippen LogP contribution in [0.1, 0.15) is 12.5 Å². The van der Waals surface area contributed by atoms with Crippen molar-refractivity contribution in [3.8, 4) is 11.8 Å². The van der Waals surface area contributed by atoms with E-state index in [-0.39, 0.29) is 6.54 Å². The summed E-state index contributed by atoms with van der Waals surface area (Å²) < 4.78 is 2.78. The summed E-state index contributed by atoms with van der Waals surface area (Å²) in [6.07, 6.45) is 3.97. The van der Waals surface area contributed by atoms with Crippen molar-refractivity contribution < 1.29 is 0 Å². The van der Waals surface area contributed by atoms with E-state index in [4.69, 9.17) is 0 Å². The fourth-order valence-electron chi connectivity index (χ4n) is 1.90. The number of hydrogen-bond acceptors (Lipinski definition) is 2. The van der Waals surface area contributed by atoms with Crippen LogP contribution in [0.4, 0.5) is 0 Å². The van der Waals surface area contributed by atoms with E-state index in [2.05, 4.69) is 11.8 Å². The van der Waals surface area contributed by atoms with Gasteiger partial charge in [0.25, 0.3) is 0 Å². The second kappa shape index (κ2) is 6.58. The Labute approximate surface area is 117 Å². The minimum absolute atomic E-state index is 0.254. The normalized spacial score (nSPS) is 9.85. The maximum absolute atomic E-state index is 12.0. The van der Waals surface area contributed by atoms with Crippen LogP contribution in [0.25, 0.3) is 0 Å². The molecule has 2 rings (SSSR count). The molecule has 0 radical (unpaired) electrons. The Morgan fingerprint density at radius 3 is 2.35 bits per heavy atom. The first kappa shape index (κ1) is 13.9. The van der Waals surface area contributed by atoms with Crippen molar-refractivity contribution in [3.05, 3.63) is 69.0 Å². The summed E-state index contributed by atoms with van der Waals surface area (Å²) in [7, 11) is 0. The molecule has 1 aromatic carbocycles. The van der Waals surface area contributed by atoms with Crippen LogP contribution < -0.4 is 11.1 Å². The lowest BCUT2D eigenvalue weighted by molar-refractivity contribution is 0.627. The zero-order valence-corrected chi connectivity index (χ0v) is 11.4. The van der Waals surface area contributed by atoms with Crippen molar-refractivity contribution in [2.75, 3.05) is 0 Å². The predicted molar refractivity (Wildman–Crippen MR) is 78.6 cm³/mol. The maximum atomic E-state index is 12.0. The van der Waals surface area contributed by atoms with Gasteiger partial charge >= 0.3 is 11.1 Å². The molecule has 0 unspecified atom stereocenters. The summed E-state index contributed by atoms with van der Waals surface area (Å²) in [6, 6.07) is 9.87. The summed E-state index contributed by atoms with van der Waals surface area (Å²) in [6.45, 7) is 2.45. The van der Waals surface area contributed by atoms with Crippen molar-refractivity contribution >= 4 is 0 Å². The van der Waals surface area contributed by atoms with Crippen LogP contribution in [0, 0.1) is 11.8 Å². The van der Waals surface area contributed by atoms with Crippen molar-refractivity contribution in [2.45, 2.75) is 26.4 Å². The standard InChI is InChI=1S/C16H16N2O2/c1-2-3-10-17-12-13-18(16(20)15(17)19)11-9-14-7-5-4-6-8-14/h4-8,12-13H,9-11H2,1H3. The summed E-state index contributed by atoms with van der Waals surface area (Å²) in [4.78, 5) is 23.8. The number of aromatic nitrogens is 2. The van der Waals surface area contributed by atoms with Crippen LogP contribution >= 0.6 is 0 Å². The second-order valence-corrected chi connectivity index (χ2v) is 4.39. The van der Waals surface area contributed by atoms with Gasteiger partial charge in [-0.25, -0.2) is 0 Å². The molecule has 0 atom stereocenters. The first-order valence-corrected chi connectivity index (χ1v) is 6.46. The monoisotopic (exact) mass is 268 g/mol. The topological polar surface area (TPSA) is 44.0 Å². The van der Waals surface area contributed by atoms with Crippen LogP contribution in [0.5, 0.6) is 0 Å². The molecule has 0 amide bonds. The average molecular weight is 268 g/mol. The van der Waals surface area contributed by atoms with E-state index >= 15 is 0 Å². The van der Waals surface area contributed by atoms with Gasteiger partial charge in [-0.2, -0.15) is 0 Å².